The number of pyridine rings is 1. The smallest absolute Gasteiger partial charge is 0.221 e. The minimum absolute atomic E-state index is 0.217. The van der Waals surface area contributed by atoms with E-state index in [1.807, 2.05) is 30.1 Å². The quantitative estimate of drug-likeness (QED) is 0.852. The third kappa shape index (κ3) is 4.86. The molecule has 2 heterocycles. The molecule has 3 rings (SSSR count). The van der Waals surface area contributed by atoms with Crippen LogP contribution in [0.2, 0.25) is 0 Å². The maximum Gasteiger partial charge on any atom is 0.221 e. The van der Waals surface area contributed by atoms with Gasteiger partial charge in [0.15, 0.2) is 0 Å². The molecule has 2 fully saturated rings. The Balaban J connectivity index is 1.34. The number of rotatable bonds is 6. The first kappa shape index (κ1) is 17.5. The van der Waals surface area contributed by atoms with Crippen molar-refractivity contribution >= 4 is 23.5 Å². The van der Waals surface area contributed by atoms with Gasteiger partial charge in [-0.1, -0.05) is 6.07 Å². The number of nitrogens with one attached hydrogen (secondary N) is 1. The summed E-state index contributed by atoms with van der Waals surface area (Å²) in [7, 11) is 0. The van der Waals surface area contributed by atoms with E-state index >= 15 is 0 Å². The van der Waals surface area contributed by atoms with Gasteiger partial charge in [-0.05, 0) is 37.7 Å². The molecule has 24 heavy (non-hydrogen) atoms. The van der Waals surface area contributed by atoms with Crippen LogP contribution in [0.5, 0.6) is 0 Å². The Hall–Kier alpha value is -1.27. The highest BCUT2D eigenvalue weighted by molar-refractivity contribution is 7.99. The average molecular weight is 349 g/mol. The molecular formula is C18H28N4OS. The number of carbonyl (C=O) groups is 1. The number of thioether (sulfide) groups is 1. The van der Waals surface area contributed by atoms with Crippen molar-refractivity contribution in [3.05, 3.63) is 24.4 Å². The van der Waals surface area contributed by atoms with E-state index < -0.39 is 0 Å². The van der Waals surface area contributed by atoms with Crippen molar-refractivity contribution in [1.82, 2.24) is 15.2 Å². The first-order chi connectivity index (χ1) is 11.7. The normalized spacial score (nSPS) is 25.0. The molecule has 1 amide bonds. The van der Waals surface area contributed by atoms with Crippen LogP contribution in [0.4, 0.5) is 5.82 Å². The zero-order chi connectivity index (χ0) is 16.8. The topological polar surface area (TPSA) is 48.5 Å². The first-order valence-electron chi connectivity index (χ1n) is 8.95. The second-order valence-electron chi connectivity index (χ2n) is 6.70. The lowest BCUT2D eigenvalue weighted by Gasteiger charge is -2.35. The van der Waals surface area contributed by atoms with Gasteiger partial charge >= 0.3 is 0 Å². The summed E-state index contributed by atoms with van der Waals surface area (Å²) in [5, 5.41) is 3.95. The summed E-state index contributed by atoms with van der Waals surface area (Å²) in [4.78, 5) is 21.3. The van der Waals surface area contributed by atoms with Crippen LogP contribution in [0, 0.1) is 0 Å². The van der Waals surface area contributed by atoms with Crippen LogP contribution in [-0.4, -0.2) is 66.1 Å². The van der Waals surface area contributed by atoms with Gasteiger partial charge < -0.3 is 10.2 Å². The van der Waals surface area contributed by atoms with E-state index in [1.54, 1.807) is 0 Å². The molecule has 132 valence electrons. The molecule has 0 bridgehead atoms. The number of amides is 1. The fourth-order valence-corrected chi connectivity index (χ4v) is 4.38. The van der Waals surface area contributed by atoms with Crippen molar-refractivity contribution < 1.29 is 4.79 Å². The standard InChI is InChI=1S/C18H28N4OS/c1-24-16-6-5-15(14-16)20-18(23)7-9-21-10-12-22(13-11-21)17-4-2-3-8-19-17/h2-4,8,15-16H,5-7,9-14H2,1H3,(H,20,23)/t15-,16+/m0/s1. The highest BCUT2D eigenvalue weighted by atomic mass is 32.2. The van der Waals surface area contributed by atoms with E-state index in [4.69, 9.17) is 0 Å². The first-order valence-corrected chi connectivity index (χ1v) is 10.2. The highest BCUT2D eigenvalue weighted by Crippen LogP contribution is 2.28. The molecule has 2 atom stereocenters. The minimum Gasteiger partial charge on any atom is -0.354 e. The zero-order valence-corrected chi connectivity index (χ0v) is 15.3. The van der Waals surface area contributed by atoms with Crippen molar-refractivity contribution in [3.63, 3.8) is 0 Å². The third-order valence-electron chi connectivity index (χ3n) is 5.08. The van der Waals surface area contributed by atoms with Gasteiger partial charge in [-0.2, -0.15) is 11.8 Å². The summed E-state index contributed by atoms with van der Waals surface area (Å²) < 4.78 is 0. The largest absolute Gasteiger partial charge is 0.354 e. The van der Waals surface area contributed by atoms with Gasteiger partial charge in [0.1, 0.15) is 5.82 Å². The molecule has 1 aliphatic carbocycles. The molecule has 1 aliphatic heterocycles. The SMILES string of the molecule is CS[C@@H]1CC[C@H](NC(=O)CCN2CCN(c3ccccn3)CC2)C1. The van der Waals surface area contributed by atoms with Crippen LogP contribution in [0.3, 0.4) is 0 Å². The molecule has 0 radical (unpaired) electrons. The molecule has 1 saturated carbocycles. The van der Waals surface area contributed by atoms with Crippen LogP contribution in [0.25, 0.3) is 0 Å². The fourth-order valence-electron chi connectivity index (χ4n) is 3.59. The van der Waals surface area contributed by atoms with E-state index in [1.165, 1.54) is 6.42 Å². The lowest BCUT2D eigenvalue weighted by molar-refractivity contribution is -0.122. The van der Waals surface area contributed by atoms with Crippen molar-refractivity contribution in [3.8, 4) is 0 Å². The molecule has 2 aliphatic rings. The van der Waals surface area contributed by atoms with Gasteiger partial charge in [-0.3, -0.25) is 9.69 Å². The Labute approximate surface area is 149 Å². The summed E-state index contributed by atoms with van der Waals surface area (Å²) in [6, 6.07) is 6.44. The van der Waals surface area contributed by atoms with Gasteiger partial charge in [0.25, 0.3) is 0 Å². The molecule has 6 heteroatoms. The van der Waals surface area contributed by atoms with E-state index in [2.05, 4.69) is 32.4 Å². The lowest BCUT2D eigenvalue weighted by Crippen LogP contribution is -2.47. The summed E-state index contributed by atoms with van der Waals surface area (Å²) in [5.74, 6) is 1.27. The van der Waals surface area contributed by atoms with Crippen LogP contribution in [0.1, 0.15) is 25.7 Å². The maximum absolute atomic E-state index is 12.2. The van der Waals surface area contributed by atoms with Crippen molar-refractivity contribution in [2.45, 2.75) is 37.0 Å². The number of anilines is 1. The second-order valence-corrected chi connectivity index (χ2v) is 7.84. The highest BCUT2D eigenvalue weighted by Gasteiger charge is 2.25. The Kier molecular flexibility index (Phi) is 6.37. The minimum atomic E-state index is 0.217. The molecule has 1 aromatic heterocycles. The maximum atomic E-state index is 12.2. The van der Waals surface area contributed by atoms with Crippen LogP contribution in [0.15, 0.2) is 24.4 Å². The van der Waals surface area contributed by atoms with E-state index in [0.29, 0.717) is 12.5 Å². The van der Waals surface area contributed by atoms with Crippen molar-refractivity contribution in [2.75, 3.05) is 43.9 Å². The third-order valence-corrected chi connectivity index (χ3v) is 6.18. The van der Waals surface area contributed by atoms with Gasteiger partial charge in [-0.15, -0.1) is 0 Å². The molecule has 1 N–H and O–H groups in total. The van der Waals surface area contributed by atoms with Crippen LogP contribution >= 0.6 is 11.8 Å². The van der Waals surface area contributed by atoms with E-state index in [9.17, 15) is 4.79 Å². The number of nitrogens with zero attached hydrogens (tertiary/aromatic N) is 3. The Bertz CT molecular complexity index is 519. The molecule has 1 aromatic rings. The van der Waals surface area contributed by atoms with Gasteiger partial charge in [0.2, 0.25) is 5.91 Å². The summed E-state index contributed by atoms with van der Waals surface area (Å²) >= 11 is 1.93. The fraction of sp³-hybridized carbons (Fsp3) is 0.667. The predicted molar refractivity (Wildman–Crippen MR) is 101 cm³/mol. The molecule has 1 saturated heterocycles. The second kappa shape index (κ2) is 8.72. The summed E-state index contributed by atoms with van der Waals surface area (Å²) in [5.41, 5.74) is 0. The van der Waals surface area contributed by atoms with Gasteiger partial charge in [0, 0.05) is 56.6 Å². The van der Waals surface area contributed by atoms with Crippen LogP contribution in [-0.2, 0) is 4.79 Å². The number of hydrogen-bond donors (Lipinski definition) is 1. The van der Waals surface area contributed by atoms with Crippen molar-refractivity contribution in [1.29, 1.82) is 0 Å². The number of carbonyl (C=O) groups excluding carboxylic acids is 1. The zero-order valence-electron chi connectivity index (χ0n) is 14.5. The molecule has 0 unspecified atom stereocenters. The predicted octanol–water partition coefficient (Wildman–Crippen LogP) is 1.99. The molecule has 0 aromatic carbocycles. The van der Waals surface area contributed by atoms with Crippen molar-refractivity contribution in [2.24, 2.45) is 0 Å². The number of hydrogen-bond acceptors (Lipinski definition) is 5. The lowest BCUT2D eigenvalue weighted by atomic mass is 10.2. The Morgan fingerprint density at radius 1 is 1.29 bits per heavy atom. The molecule has 5 nitrogen and oxygen atoms in total. The van der Waals surface area contributed by atoms with Gasteiger partial charge in [0.05, 0.1) is 0 Å². The Morgan fingerprint density at radius 2 is 2.12 bits per heavy atom. The number of piperazine rings is 1. The Morgan fingerprint density at radius 3 is 2.79 bits per heavy atom. The molecule has 0 spiro atoms. The average Bonchev–Trinajstić information content (AvgIpc) is 3.09. The van der Waals surface area contributed by atoms with Crippen LogP contribution < -0.4 is 10.2 Å². The van der Waals surface area contributed by atoms with E-state index in [-0.39, 0.29) is 5.91 Å². The van der Waals surface area contributed by atoms with E-state index in [0.717, 1.165) is 56.6 Å². The monoisotopic (exact) mass is 348 g/mol. The summed E-state index contributed by atoms with van der Waals surface area (Å²) in [6.45, 7) is 4.83. The number of aromatic nitrogens is 1. The van der Waals surface area contributed by atoms with Gasteiger partial charge in [-0.25, -0.2) is 4.98 Å². The summed E-state index contributed by atoms with van der Waals surface area (Å²) in [6.07, 6.45) is 8.14. The molecular weight excluding hydrogens is 320 g/mol.